The third-order valence-corrected chi connectivity index (χ3v) is 5.14. The Balaban J connectivity index is 3.18. The molecule has 1 aromatic heterocycles. The van der Waals surface area contributed by atoms with E-state index >= 15 is 0 Å². The lowest BCUT2D eigenvalue weighted by molar-refractivity contribution is -0.0925. The Morgan fingerprint density at radius 1 is 1.47 bits per heavy atom. The molecule has 0 unspecified atom stereocenters. The first-order valence-electron chi connectivity index (χ1n) is 4.61. The first kappa shape index (κ1) is 16.0. The summed E-state index contributed by atoms with van der Waals surface area (Å²) in [6.07, 6.45) is -4.04. The molecule has 0 aliphatic carbocycles. The Kier molecular flexibility index (Phi) is 4.64. The van der Waals surface area contributed by atoms with E-state index in [4.69, 9.17) is 16.4 Å². The van der Waals surface area contributed by atoms with Crippen molar-refractivity contribution in [3.8, 4) is 0 Å². The number of thiophene rings is 1. The van der Waals surface area contributed by atoms with Crippen LogP contribution in [0.3, 0.4) is 0 Å². The summed E-state index contributed by atoms with van der Waals surface area (Å²) < 4.78 is 58.8. The molecule has 0 aromatic carbocycles. The summed E-state index contributed by atoms with van der Waals surface area (Å²) in [6.45, 7) is 0. The van der Waals surface area contributed by atoms with Gasteiger partial charge < -0.3 is 5.73 Å². The van der Waals surface area contributed by atoms with Crippen LogP contribution in [-0.2, 0) is 9.05 Å². The summed E-state index contributed by atoms with van der Waals surface area (Å²) in [5, 5.41) is 0. The van der Waals surface area contributed by atoms with E-state index < -0.39 is 20.9 Å². The predicted octanol–water partition coefficient (Wildman–Crippen LogP) is 2.50. The van der Waals surface area contributed by atoms with Crippen LogP contribution in [0.5, 0.6) is 0 Å². The van der Waals surface area contributed by atoms with Gasteiger partial charge in [0.1, 0.15) is 9.91 Å². The minimum Gasteiger partial charge on any atom is -0.395 e. The van der Waals surface area contributed by atoms with Gasteiger partial charge in [0.25, 0.3) is 9.05 Å². The Bertz CT molecular complexity index is 632. The Hall–Kier alpha value is -1.06. The number of aliphatic imine (C=N–C) groups is 1. The summed E-state index contributed by atoms with van der Waals surface area (Å²) in [5.74, 6) is 0. The quantitative estimate of drug-likeness (QED) is 0.682. The van der Waals surface area contributed by atoms with Gasteiger partial charge >= 0.3 is 6.18 Å². The maximum atomic E-state index is 12.3. The average Bonchev–Trinajstić information content (AvgIpc) is 2.72. The molecule has 106 valence electrons. The van der Waals surface area contributed by atoms with Gasteiger partial charge in [-0.2, -0.15) is 13.2 Å². The van der Waals surface area contributed by atoms with E-state index in [0.29, 0.717) is 17.4 Å². The van der Waals surface area contributed by atoms with Crippen LogP contribution in [0.15, 0.2) is 33.1 Å². The van der Waals surface area contributed by atoms with Crippen LogP contribution in [0, 0.1) is 0 Å². The average molecular weight is 333 g/mol. The van der Waals surface area contributed by atoms with E-state index in [2.05, 4.69) is 4.99 Å². The van der Waals surface area contributed by atoms with Gasteiger partial charge in [0.15, 0.2) is 0 Å². The van der Waals surface area contributed by atoms with Crippen LogP contribution in [0.1, 0.15) is 4.88 Å². The second-order valence-corrected chi connectivity index (χ2v) is 7.14. The van der Waals surface area contributed by atoms with E-state index in [-0.39, 0.29) is 14.8 Å². The molecule has 19 heavy (non-hydrogen) atoms. The molecule has 0 saturated heterocycles. The molecule has 0 saturated carbocycles. The zero-order valence-corrected chi connectivity index (χ0v) is 11.8. The van der Waals surface area contributed by atoms with Gasteiger partial charge in [-0.25, -0.2) is 8.42 Å². The number of hydrogen-bond acceptors (Lipinski definition) is 5. The molecule has 4 nitrogen and oxygen atoms in total. The monoisotopic (exact) mass is 332 g/mol. The lowest BCUT2D eigenvalue weighted by atomic mass is 10.2. The van der Waals surface area contributed by atoms with Crippen molar-refractivity contribution >= 4 is 36.8 Å². The van der Waals surface area contributed by atoms with Crippen molar-refractivity contribution in [3.63, 3.8) is 0 Å². The fourth-order valence-corrected chi connectivity index (χ4v) is 3.14. The Morgan fingerprint density at radius 3 is 2.42 bits per heavy atom. The largest absolute Gasteiger partial charge is 0.430 e. The van der Waals surface area contributed by atoms with Crippen LogP contribution in [0.4, 0.5) is 13.2 Å². The molecule has 0 bridgehead atoms. The molecule has 1 aromatic rings. The second-order valence-electron chi connectivity index (χ2n) is 3.26. The lowest BCUT2D eigenvalue weighted by Crippen LogP contribution is -2.20. The number of nitrogens with two attached hydrogens (primary N) is 1. The standard InChI is InChI=1S/C9H8ClF3N2O2S2/c1-15-5(4-7(14)9(11,12)13)6-2-3-8(18-6)19(10,16)17/h2-4H,14H2,1H3. The number of hydrogen-bond donors (Lipinski definition) is 1. The molecule has 0 amide bonds. The maximum Gasteiger partial charge on any atom is 0.430 e. The zero-order chi connectivity index (χ0) is 14.8. The van der Waals surface area contributed by atoms with Gasteiger partial charge in [0.2, 0.25) is 0 Å². The number of nitrogens with zero attached hydrogens (tertiary/aromatic N) is 1. The number of alkyl halides is 3. The highest BCUT2D eigenvalue weighted by atomic mass is 35.7. The minimum atomic E-state index is -4.67. The Labute approximate surface area is 115 Å². The highest BCUT2D eigenvalue weighted by molar-refractivity contribution is 8.15. The van der Waals surface area contributed by atoms with Crippen molar-refractivity contribution in [2.45, 2.75) is 10.4 Å². The van der Waals surface area contributed by atoms with Crippen molar-refractivity contribution in [2.24, 2.45) is 10.7 Å². The van der Waals surface area contributed by atoms with E-state index in [9.17, 15) is 21.6 Å². The molecule has 1 rings (SSSR count). The predicted molar refractivity (Wildman–Crippen MR) is 68.1 cm³/mol. The first-order valence-corrected chi connectivity index (χ1v) is 7.74. The van der Waals surface area contributed by atoms with E-state index in [0.717, 1.165) is 0 Å². The topological polar surface area (TPSA) is 72.5 Å². The van der Waals surface area contributed by atoms with E-state index in [1.165, 1.54) is 19.2 Å². The van der Waals surface area contributed by atoms with Crippen LogP contribution >= 0.6 is 22.0 Å². The maximum absolute atomic E-state index is 12.3. The van der Waals surface area contributed by atoms with E-state index in [1.54, 1.807) is 0 Å². The van der Waals surface area contributed by atoms with Gasteiger partial charge in [-0.3, -0.25) is 4.99 Å². The van der Waals surface area contributed by atoms with Gasteiger partial charge in [-0.05, 0) is 18.2 Å². The molecule has 0 fully saturated rings. The smallest absolute Gasteiger partial charge is 0.395 e. The van der Waals surface area contributed by atoms with Crippen molar-refractivity contribution < 1.29 is 21.6 Å². The molecule has 0 atom stereocenters. The lowest BCUT2D eigenvalue weighted by Gasteiger charge is -2.06. The summed E-state index contributed by atoms with van der Waals surface area (Å²) in [4.78, 5) is 3.86. The van der Waals surface area contributed by atoms with Crippen molar-refractivity contribution in [2.75, 3.05) is 7.05 Å². The molecule has 0 radical (unpaired) electrons. The van der Waals surface area contributed by atoms with Crippen molar-refractivity contribution in [1.82, 2.24) is 0 Å². The molecule has 2 N–H and O–H groups in total. The molecule has 10 heteroatoms. The Morgan fingerprint density at radius 2 is 2.05 bits per heavy atom. The first-order chi connectivity index (χ1) is 8.55. The third-order valence-electron chi connectivity index (χ3n) is 1.93. The second kappa shape index (κ2) is 5.51. The molecule has 0 spiro atoms. The highest BCUT2D eigenvalue weighted by Gasteiger charge is 2.31. The number of rotatable bonds is 3. The molecular weight excluding hydrogens is 325 g/mol. The number of allylic oxidation sites excluding steroid dienone is 2. The fraction of sp³-hybridized carbons (Fsp3) is 0.222. The van der Waals surface area contributed by atoms with Crippen LogP contribution in [-0.4, -0.2) is 27.4 Å². The van der Waals surface area contributed by atoms with Crippen molar-refractivity contribution in [1.29, 1.82) is 0 Å². The molecule has 0 aliphatic rings. The summed E-state index contributed by atoms with van der Waals surface area (Å²) in [7, 11) is 2.47. The van der Waals surface area contributed by atoms with Crippen LogP contribution in [0.2, 0.25) is 0 Å². The zero-order valence-electron chi connectivity index (χ0n) is 9.40. The summed E-state index contributed by atoms with van der Waals surface area (Å²) in [6, 6.07) is 2.49. The number of halogens is 4. The van der Waals surface area contributed by atoms with Gasteiger partial charge in [0, 0.05) is 17.7 Å². The highest BCUT2D eigenvalue weighted by Crippen LogP contribution is 2.27. The summed E-state index contributed by atoms with van der Waals surface area (Å²) in [5.41, 5.74) is 3.47. The van der Waals surface area contributed by atoms with Gasteiger partial charge in [-0.1, -0.05) is 0 Å². The molecular formula is C9H8ClF3N2O2S2. The molecule has 1 heterocycles. The van der Waals surface area contributed by atoms with E-state index in [1.807, 2.05) is 0 Å². The van der Waals surface area contributed by atoms with Crippen LogP contribution in [0.25, 0.3) is 0 Å². The normalized spacial score (nSPS) is 14.8. The van der Waals surface area contributed by atoms with Crippen LogP contribution < -0.4 is 5.73 Å². The SMILES string of the molecule is CN=C(C=C(N)C(F)(F)F)c1ccc(S(=O)(=O)Cl)s1. The minimum absolute atomic E-state index is 0.0774. The van der Waals surface area contributed by atoms with Crippen molar-refractivity contribution in [3.05, 3.63) is 28.8 Å². The summed E-state index contributed by atoms with van der Waals surface area (Å²) >= 11 is 0.707. The third kappa shape index (κ3) is 4.22. The van der Waals surface area contributed by atoms with Gasteiger partial charge in [-0.15, -0.1) is 11.3 Å². The fourth-order valence-electron chi connectivity index (χ4n) is 1.06. The molecule has 0 aliphatic heterocycles. The van der Waals surface area contributed by atoms with Gasteiger partial charge in [0.05, 0.1) is 10.6 Å².